The molecule has 2 atom stereocenters. The Morgan fingerprint density at radius 2 is 1.96 bits per heavy atom. The molecule has 0 aliphatic carbocycles. The largest absolute Gasteiger partial charge is 0.497 e. The highest BCUT2D eigenvalue weighted by molar-refractivity contribution is 7.89. The zero-order chi connectivity index (χ0) is 17.7. The predicted molar refractivity (Wildman–Crippen MR) is 94.0 cm³/mol. The molecule has 1 aliphatic heterocycles. The van der Waals surface area contributed by atoms with Crippen molar-refractivity contribution in [1.29, 1.82) is 0 Å². The number of aryl methyl sites for hydroxylation is 1. The molecule has 2 unspecified atom stereocenters. The van der Waals surface area contributed by atoms with Crippen LogP contribution in [0.3, 0.4) is 0 Å². The highest BCUT2D eigenvalue weighted by atomic mass is 32.2. The van der Waals surface area contributed by atoms with Gasteiger partial charge in [-0.15, -0.1) is 0 Å². The number of hydrogen-bond acceptors (Lipinski definition) is 5. The van der Waals surface area contributed by atoms with Crippen LogP contribution in [0.2, 0.25) is 0 Å². The van der Waals surface area contributed by atoms with Crippen molar-refractivity contribution in [1.82, 2.24) is 9.62 Å². The zero-order valence-electron chi connectivity index (χ0n) is 14.9. The van der Waals surface area contributed by atoms with Crippen molar-refractivity contribution in [3.63, 3.8) is 0 Å². The number of hydrogen-bond donors (Lipinski definition) is 1. The van der Waals surface area contributed by atoms with E-state index < -0.39 is 10.0 Å². The maximum Gasteiger partial charge on any atom is 0.240 e. The SMILES string of the molecule is COc1ccc(S(=O)(=O)NCCCN2CC(C)OC(C)C2)c(C)c1. The molecule has 0 spiro atoms. The molecule has 2 rings (SSSR count). The summed E-state index contributed by atoms with van der Waals surface area (Å²) in [6, 6.07) is 4.98. The molecule has 1 aromatic carbocycles. The first-order valence-electron chi connectivity index (χ1n) is 8.34. The van der Waals surface area contributed by atoms with Gasteiger partial charge in [-0.25, -0.2) is 13.1 Å². The van der Waals surface area contributed by atoms with Gasteiger partial charge in [0.05, 0.1) is 24.2 Å². The van der Waals surface area contributed by atoms with E-state index in [4.69, 9.17) is 9.47 Å². The van der Waals surface area contributed by atoms with E-state index >= 15 is 0 Å². The Morgan fingerprint density at radius 3 is 2.54 bits per heavy atom. The molecule has 6 nitrogen and oxygen atoms in total. The molecule has 0 saturated carbocycles. The van der Waals surface area contributed by atoms with Gasteiger partial charge in [-0.05, 0) is 57.5 Å². The number of sulfonamides is 1. The molecule has 0 amide bonds. The number of morpholine rings is 1. The van der Waals surface area contributed by atoms with Crippen LogP contribution in [0.25, 0.3) is 0 Å². The molecule has 0 aromatic heterocycles. The number of benzene rings is 1. The molecule has 1 saturated heterocycles. The Hall–Kier alpha value is -1.15. The van der Waals surface area contributed by atoms with Crippen LogP contribution in [0.1, 0.15) is 25.8 Å². The predicted octanol–water partition coefficient (Wildman–Crippen LogP) is 1.78. The first kappa shape index (κ1) is 19.2. The van der Waals surface area contributed by atoms with Crippen molar-refractivity contribution in [2.24, 2.45) is 0 Å². The average Bonchev–Trinajstić information content (AvgIpc) is 2.50. The summed E-state index contributed by atoms with van der Waals surface area (Å²) < 4.78 is 38.4. The number of rotatable bonds is 7. The average molecular weight is 356 g/mol. The third-order valence-electron chi connectivity index (χ3n) is 4.11. The second-order valence-corrected chi connectivity index (χ2v) is 8.14. The van der Waals surface area contributed by atoms with E-state index in [9.17, 15) is 8.42 Å². The first-order chi connectivity index (χ1) is 11.3. The molecule has 0 radical (unpaired) electrons. The fraction of sp³-hybridized carbons (Fsp3) is 0.647. The Morgan fingerprint density at radius 1 is 1.29 bits per heavy atom. The van der Waals surface area contributed by atoms with Gasteiger partial charge >= 0.3 is 0 Å². The number of nitrogens with one attached hydrogen (secondary N) is 1. The van der Waals surface area contributed by atoms with Gasteiger partial charge in [0, 0.05) is 19.6 Å². The molecule has 7 heteroatoms. The standard InChI is InChI=1S/C17H28N2O4S/c1-13-10-16(22-4)6-7-17(13)24(20,21)18-8-5-9-19-11-14(2)23-15(3)12-19/h6-7,10,14-15,18H,5,8-9,11-12H2,1-4H3. The van der Waals surface area contributed by atoms with Crippen molar-refractivity contribution < 1.29 is 17.9 Å². The highest BCUT2D eigenvalue weighted by Crippen LogP contribution is 2.20. The smallest absolute Gasteiger partial charge is 0.240 e. The molecule has 136 valence electrons. The van der Waals surface area contributed by atoms with Crippen LogP contribution >= 0.6 is 0 Å². The summed E-state index contributed by atoms with van der Waals surface area (Å²) in [7, 11) is -1.93. The maximum absolute atomic E-state index is 12.4. The van der Waals surface area contributed by atoms with E-state index in [1.807, 2.05) is 0 Å². The second-order valence-electron chi connectivity index (χ2n) is 6.40. The lowest BCUT2D eigenvalue weighted by atomic mass is 10.2. The monoisotopic (exact) mass is 356 g/mol. The van der Waals surface area contributed by atoms with Crippen LogP contribution in [0.15, 0.2) is 23.1 Å². The molecule has 1 aliphatic rings. The molecule has 0 bridgehead atoms. The van der Waals surface area contributed by atoms with Gasteiger partial charge in [0.15, 0.2) is 0 Å². The third kappa shape index (κ3) is 5.17. The van der Waals surface area contributed by atoms with E-state index in [1.165, 1.54) is 0 Å². The van der Waals surface area contributed by atoms with E-state index in [0.717, 1.165) is 26.1 Å². The minimum atomic E-state index is -3.49. The highest BCUT2D eigenvalue weighted by Gasteiger charge is 2.22. The Kier molecular flexibility index (Phi) is 6.62. The van der Waals surface area contributed by atoms with Crippen molar-refractivity contribution in [3.05, 3.63) is 23.8 Å². The topological polar surface area (TPSA) is 67.9 Å². The third-order valence-corrected chi connectivity index (χ3v) is 5.73. The Bertz CT molecular complexity index is 638. The molecular formula is C17H28N2O4S. The van der Waals surface area contributed by atoms with Crippen molar-refractivity contribution >= 4 is 10.0 Å². The van der Waals surface area contributed by atoms with Gasteiger partial charge in [-0.2, -0.15) is 0 Å². The Labute approximate surface area is 145 Å². The van der Waals surface area contributed by atoms with Gasteiger partial charge in [-0.1, -0.05) is 0 Å². The summed E-state index contributed by atoms with van der Waals surface area (Å²) in [6.45, 7) is 8.99. The summed E-state index contributed by atoms with van der Waals surface area (Å²) in [6.07, 6.45) is 1.23. The lowest BCUT2D eigenvalue weighted by Gasteiger charge is -2.35. The van der Waals surface area contributed by atoms with Crippen molar-refractivity contribution in [2.75, 3.05) is 33.3 Å². The lowest BCUT2D eigenvalue weighted by Crippen LogP contribution is -2.46. The minimum Gasteiger partial charge on any atom is -0.497 e. The number of nitrogens with zero attached hydrogens (tertiary/aromatic N) is 1. The summed E-state index contributed by atoms with van der Waals surface area (Å²) in [5, 5.41) is 0. The molecular weight excluding hydrogens is 328 g/mol. The molecule has 1 N–H and O–H groups in total. The number of ether oxygens (including phenoxy) is 2. The van der Waals surface area contributed by atoms with E-state index in [0.29, 0.717) is 22.8 Å². The van der Waals surface area contributed by atoms with Crippen LogP contribution in [0.5, 0.6) is 5.75 Å². The molecule has 1 aromatic rings. The van der Waals surface area contributed by atoms with Crippen molar-refractivity contribution in [2.45, 2.75) is 44.3 Å². The van der Waals surface area contributed by atoms with Crippen LogP contribution < -0.4 is 9.46 Å². The lowest BCUT2D eigenvalue weighted by molar-refractivity contribution is -0.0679. The quantitative estimate of drug-likeness (QED) is 0.755. The fourth-order valence-corrected chi connectivity index (χ4v) is 4.40. The maximum atomic E-state index is 12.4. The van der Waals surface area contributed by atoms with Crippen molar-refractivity contribution in [3.8, 4) is 5.75 Å². The van der Waals surface area contributed by atoms with Gasteiger partial charge in [0.25, 0.3) is 0 Å². The first-order valence-corrected chi connectivity index (χ1v) is 9.82. The summed E-state index contributed by atoms with van der Waals surface area (Å²) in [5.74, 6) is 0.655. The molecule has 1 fully saturated rings. The van der Waals surface area contributed by atoms with Crippen LogP contribution in [0.4, 0.5) is 0 Å². The number of methoxy groups -OCH3 is 1. The minimum absolute atomic E-state index is 0.229. The normalized spacial score (nSPS) is 22.5. The molecule has 1 heterocycles. The van der Waals surface area contributed by atoms with E-state index in [2.05, 4.69) is 23.5 Å². The summed E-state index contributed by atoms with van der Waals surface area (Å²) >= 11 is 0. The van der Waals surface area contributed by atoms with E-state index in [-0.39, 0.29) is 12.2 Å². The van der Waals surface area contributed by atoms with Gasteiger partial charge in [0.1, 0.15) is 5.75 Å². The molecule has 24 heavy (non-hydrogen) atoms. The van der Waals surface area contributed by atoms with Gasteiger partial charge in [-0.3, -0.25) is 4.90 Å². The van der Waals surface area contributed by atoms with Crippen LogP contribution in [-0.4, -0.2) is 58.8 Å². The van der Waals surface area contributed by atoms with Crippen LogP contribution in [0, 0.1) is 6.92 Å². The van der Waals surface area contributed by atoms with Crippen LogP contribution in [-0.2, 0) is 14.8 Å². The fourth-order valence-electron chi connectivity index (χ4n) is 3.10. The van der Waals surface area contributed by atoms with Gasteiger partial charge in [0.2, 0.25) is 10.0 Å². The zero-order valence-corrected chi connectivity index (χ0v) is 15.7. The summed E-state index contributed by atoms with van der Waals surface area (Å²) in [5.41, 5.74) is 0.678. The van der Waals surface area contributed by atoms with Gasteiger partial charge < -0.3 is 9.47 Å². The summed E-state index contributed by atoms with van der Waals surface area (Å²) in [4.78, 5) is 2.63. The second kappa shape index (κ2) is 8.29. The van der Waals surface area contributed by atoms with E-state index in [1.54, 1.807) is 32.2 Å². The Balaban J connectivity index is 1.85.